The molecule has 4 nitrogen and oxygen atoms in total. The largest absolute Gasteiger partial charge is 0.494 e. The highest BCUT2D eigenvalue weighted by atomic mass is 35.5. The Labute approximate surface area is 125 Å². The Hall–Kier alpha value is -1.72. The smallest absolute Gasteiger partial charge is 0.151 e. The molecule has 0 aliphatic carbocycles. The Morgan fingerprint density at radius 1 is 1.15 bits per heavy atom. The fourth-order valence-electron chi connectivity index (χ4n) is 1.63. The van der Waals surface area contributed by atoms with E-state index in [0.717, 1.165) is 0 Å². The quantitative estimate of drug-likeness (QED) is 0.882. The molecule has 0 fully saturated rings. The van der Waals surface area contributed by atoms with Gasteiger partial charge in [0.25, 0.3) is 0 Å². The second-order valence-electron chi connectivity index (χ2n) is 3.87. The van der Waals surface area contributed by atoms with E-state index in [1.165, 1.54) is 19.2 Å². The number of pyridine rings is 1. The van der Waals surface area contributed by atoms with Gasteiger partial charge < -0.3 is 15.4 Å². The molecule has 1 heterocycles. The van der Waals surface area contributed by atoms with Crippen molar-refractivity contribution in [1.29, 1.82) is 0 Å². The second kappa shape index (κ2) is 6.15. The number of anilines is 3. The molecule has 0 amide bonds. The van der Waals surface area contributed by atoms with Crippen LogP contribution in [0.2, 0.25) is 10.0 Å². The second-order valence-corrected chi connectivity index (χ2v) is 4.68. The van der Waals surface area contributed by atoms with Gasteiger partial charge in [0, 0.05) is 13.1 Å². The maximum Gasteiger partial charge on any atom is 0.151 e. The van der Waals surface area contributed by atoms with Gasteiger partial charge in [0.2, 0.25) is 0 Å². The molecule has 0 spiro atoms. The van der Waals surface area contributed by atoms with Crippen molar-refractivity contribution in [1.82, 2.24) is 4.98 Å². The van der Waals surface area contributed by atoms with Crippen LogP contribution >= 0.6 is 23.2 Å². The molecule has 0 atom stereocenters. The molecule has 0 saturated heterocycles. The van der Waals surface area contributed by atoms with Gasteiger partial charge in [-0.25, -0.2) is 9.37 Å². The number of nitrogens with one attached hydrogen (secondary N) is 2. The van der Waals surface area contributed by atoms with Crippen LogP contribution < -0.4 is 15.4 Å². The standard InChI is InChI=1S/C13H12Cl2FN3O/c1-17-12-8(14)6-9(15)13(19-12)18-10-4-3-7(16)5-11(10)20-2/h3-6H,1-2H3,(H2,17,18,19). The van der Waals surface area contributed by atoms with Gasteiger partial charge in [-0.2, -0.15) is 0 Å². The number of halogens is 3. The third-order valence-corrected chi connectivity index (χ3v) is 3.16. The van der Waals surface area contributed by atoms with Crippen molar-refractivity contribution in [2.75, 3.05) is 24.8 Å². The van der Waals surface area contributed by atoms with Gasteiger partial charge in [-0.3, -0.25) is 0 Å². The highest BCUT2D eigenvalue weighted by molar-refractivity contribution is 6.37. The Kier molecular flexibility index (Phi) is 4.52. The van der Waals surface area contributed by atoms with Crippen molar-refractivity contribution in [2.24, 2.45) is 0 Å². The van der Waals surface area contributed by atoms with E-state index in [4.69, 9.17) is 27.9 Å². The highest BCUT2D eigenvalue weighted by Gasteiger charge is 2.11. The maximum absolute atomic E-state index is 13.1. The summed E-state index contributed by atoms with van der Waals surface area (Å²) in [6.45, 7) is 0. The molecule has 1 aromatic carbocycles. The van der Waals surface area contributed by atoms with E-state index in [2.05, 4.69) is 15.6 Å². The molecule has 106 valence electrons. The molecule has 0 unspecified atom stereocenters. The summed E-state index contributed by atoms with van der Waals surface area (Å²) in [4.78, 5) is 4.25. The maximum atomic E-state index is 13.1. The minimum Gasteiger partial charge on any atom is -0.494 e. The normalized spacial score (nSPS) is 10.2. The van der Waals surface area contributed by atoms with Crippen molar-refractivity contribution in [3.63, 3.8) is 0 Å². The average Bonchev–Trinajstić information content (AvgIpc) is 2.43. The van der Waals surface area contributed by atoms with Crippen LogP contribution in [0.4, 0.5) is 21.7 Å². The van der Waals surface area contributed by atoms with Gasteiger partial charge >= 0.3 is 0 Å². The number of hydrogen-bond acceptors (Lipinski definition) is 4. The van der Waals surface area contributed by atoms with Gasteiger partial charge in [-0.1, -0.05) is 23.2 Å². The van der Waals surface area contributed by atoms with Gasteiger partial charge in [-0.05, 0) is 18.2 Å². The van der Waals surface area contributed by atoms with E-state index in [0.29, 0.717) is 33.1 Å². The Bertz CT molecular complexity index is 637. The van der Waals surface area contributed by atoms with Crippen molar-refractivity contribution < 1.29 is 9.13 Å². The summed E-state index contributed by atoms with van der Waals surface area (Å²) in [6, 6.07) is 5.69. The third kappa shape index (κ3) is 3.05. The first-order valence-corrected chi connectivity index (χ1v) is 6.45. The van der Waals surface area contributed by atoms with Crippen LogP contribution in [0, 0.1) is 5.82 Å². The van der Waals surface area contributed by atoms with Gasteiger partial charge in [-0.15, -0.1) is 0 Å². The molecule has 0 saturated carbocycles. The monoisotopic (exact) mass is 315 g/mol. The van der Waals surface area contributed by atoms with Crippen LogP contribution in [0.1, 0.15) is 0 Å². The van der Waals surface area contributed by atoms with E-state index in [1.807, 2.05) is 0 Å². The lowest BCUT2D eigenvalue weighted by molar-refractivity contribution is 0.413. The van der Waals surface area contributed by atoms with E-state index in [-0.39, 0.29) is 0 Å². The minimum absolute atomic E-state index is 0.348. The number of aromatic nitrogens is 1. The molecule has 0 aliphatic heterocycles. The van der Waals surface area contributed by atoms with Crippen LogP contribution in [0.25, 0.3) is 0 Å². The van der Waals surface area contributed by atoms with Crippen LogP contribution in [-0.4, -0.2) is 19.1 Å². The molecule has 0 aliphatic rings. The summed E-state index contributed by atoms with van der Waals surface area (Å²) in [5, 5.41) is 6.60. The molecule has 2 rings (SSSR count). The molecular formula is C13H12Cl2FN3O. The van der Waals surface area contributed by atoms with Crippen LogP contribution in [0.3, 0.4) is 0 Å². The number of hydrogen-bond donors (Lipinski definition) is 2. The van der Waals surface area contributed by atoms with Crippen LogP contribution in [-0.2, 0) is 0 Å². The Morgan fingerprint density at radius 2 is 1.85 bits per heavy atom. The zero-order valence-corrected chi connectivity index (χ0v) is 12.3. The SMILES string of the molecule is CNc1nc(Nc2ccc(F)cc2OC)c(Cl)cc1Cl. The first-order chi connectivity index (χ1) is 9.55. The van der Waals surface area contributed by atoms with E-state index in [9.17, 15) is 4.39 Å². The zero-order chi connectivity index (χ0) is 14.7. The van der Waals surface area contributed by atoms with Gasteiger partial charge in [0.1, 0.15) is 17.4 Å². The minimum atomic E-state index is -0.390. The van der Waals surface area contributed by atoms with Gasteiger partial charge in [0.05, 0.1) is 22.8 Å². The summed E-state index contributed by atoms with van der Waals surface area (Å²) in [5.41, 5.74) is 0.549. The summed E-state index contributed by atoms with van der Waals surface area (Å²) in [5.74, 6) is 0.840. The zero-order valence-electron chi connectivity index (χ0n) is 10.8. The Balaban J connectivity index is 2.39. The molecular weight excluding hydrogens is 304 g/mol. The van der Waals surface area contributed by atoms with Crippen molar-refractivity contribution >= 4 is 40.5 Å². The highest BCUT2D eigenvalue weighted by Crippen LogP contribution is 2.33. The summed E-state index contributed by atoms with van der Waals surface area (Å²) < 4.78 is 18.3. The fraction of sp³-hybridized carbons (Fsp3) is 0.154. The molecule has 0 bridgehead atoms. The first-order valence-electron chi connectivity index (χ1n) is 5.69. The van der Waals surface area contributed by atoms with Crippen molar-refractivity contribution in [3.8, 4) is 5.75 Å². The Morgan fingerprint density at radius 3 is 2.50 bits per heavy atom. The number of rotatable bonds is 4. The van der Waals surface area contributed by atoms with E-state index < -0.39 is 5.82 Å². The van der Waals surface area contributed by atoms with Crippen LogP contribution in [0.15, 0.2) is 24.3 Å². The number of ether oxygens (including phenoxy) is 1. The van der Waals surface area contributed by atoms with E-state index >= 15 is 0 Å². The number of benzene rings is 1. The summed E-state index contributed by atoms with van der Waals surface area (Å²) in [7, 11) is 3.15. The third-order valence-electron chi connectivity index (χ3n) is 2.58. The van der Waals surface area contributed by atoms with Crippen LogP contribution in [0.5, 0.6) is 5.75 Å². The average molecular weight is 316 g/mol. The van der Waals surface area contributed by atoms with Gasteiger partial charge in [0.15, 0.2) is 5.82 Å². The molecule has 0 radical (unpaired) electrons. The molecule has 7 heteroatoms. The molecule has 2 aromatic rings. The topological polar surface area (TPSA) is 46.2 Å². The predicted molar refractivity (Wildman–Crippen MR) is 80.0 cm³/mol. The molecule has 1 aromatic heterocycles. The predicted octanol–water partition coefficient (Wildman–Crippen LogP) is 4.32. The van der Waals surface area contributed by atoms with Crippen molar-refractivity contribution in [3.05, 3.63) is 40.1 Å². The van der Waals surface area contributed by atoms with E-state index in [1.54, 1.807) is 19.2 Å². The summed E-state index contributed by atoms with van der Waals surface area (Å²) in [6.07, 6.45) is 0. The lowest BCUT2D eigenvalue weighted by atomic mass is 10.2. The molecule has 20 heavy (non-hydrogen) atoms. The lowest BCUT2D eigenvalue weighted by Crippen LogP contribution is -2.01. The summed E-state index contributed by atoms with van der Waals surface area (Å²) >= 11 is 12.1. The first kappa shape index (κ1) is 14.7. The fourth-order valence-corrected chi connectivity index (χ4v) is 2.13. The number of nitrogens with zero attached hydrogens (tertiary/aromatic N) is 1. The van der Waals surface area contributed by atoms with Crippen molar-refractivity contribution in [2.45, 2.75) is 0 Å². The molecule has 2 N–H and O–H groups in total. The number of methoxy groups -OCH3 is 1. The lowest BCUT2D eigenvalue weighted by Gasteiger charge is -2.13.